The fourth-order valence-corrected chi connectivity index (χ4v) is 3.71. The quantitative estimate of drug-likeness (QED) is 0.542. The van der Waals surface area contributed by atoms with Crippen molar-refractivity contribution < 1.29 is 19.1 Å². The molecule has 0 bridgehead atoms. The number of methoxy groups -OCH3 is 2. The number of hydrogen-bond acceptors (Lipinski definition) is 6. The van der Waals surface area contributed by atoms with E-state index in [0.29, 0.717) is 0 Å². The monoisotopic (exact) mass is 314 g/mol. The smallest absolute Gasteiger partial charge is 0.315 e. The zero-order valence-corrected chi connectivity index (χ0v) is 13.2. The van der Waals surface area contributed by atoms with Crippen molar-refractivity contribution in [3.63, 3.8) is 0 Å². The molecule has 1 aromatic carbocycles. The average molecular weight is 314 g/mol. The highest BCUT2D eigenvalue weighted by Gasteiger charge is 2.15. The molecule has 0 amide bonds. The molecule has 0 aliphatic heterocycles. The summed E-state index contributed by atoms with van der Waals surface area (Å²) in [5.74, 6) is 0.0446. The molecule has 0 aliphatic carbocycles. The summed E-state index contributed by atoms with van der Waals surface area (Å²) < 4.78 is 9.38. The number of hydrogen-bond donors (Lipinski definition) is 0. The van der Waals surface area contributed by atoms with E-state index in [1.807, 2.05) is 30.3 Å². The number of thioether (sulfide) groups is 2. The molecule has 0 aromatic heterocycles. The van der Waals surface area contributed by atoms with Crippen LogP contribution in [0, 0.1) is 0 Å². The summed E-state index contributed by atoms with van der Waals surface area (Å²) in [7, 11) is 2.74. The van der Waals surface area contributed by atoms with Crippen molar-refractivity contribution in [3.05, 3.63) is 35.9 Å². The Labute approximate surface area is 127 Å². The van der Waals surface area contributed by atoms with Crippen molar-refractivity contribution in [2.45, 2.75) is 11.0 Å². The third kappa shape index (κ3) is 6.86. The fraction of sp³-hybridized carbons (Fsp3) is 0.429. The summed E-state index contributed by atoms with van der Waals surface area (Å²) in [4.78, 5) is 22.4. The molecule has 6 heteroatoms. The molecule has 0 heterocycles. The van der Waals surface area contributed by atoms with Gasteiger partial charge in [0.25, 0.3) is 0 Å². The summed E-state index contributed by atoms with van der Waals surface area (Å²) in [5, 5.41) is 0. The molecule has 0 fully saturated rings. The van der Waals surface area contributed by atoms with Gasteiger partial charge < -0.3 is 9.47 Å². The highest BCUT2D eigenvalue weighted by molar-refractivity contribution is 8.17. The van der Waals surface area contributed by atoms with Crippen LogP contribution in [0.1, 0.15) is 5.56 Å². The predicted octanol–water partition coefficient (Wildman–Crippen LogP) is 2.37. The van der Waals surface area contributed by atoms with Gasteiger partial charge in [-0.05, 0) is 12.0 Å². The number of carbonyl (C=O) groups excluding carboxylic acids is 2. The van der Waals surface area contributed by atoms with E-state index >= 15 is 0 Å². The van der Waals surface area contributed by atoms with Gasteiger partial charge in [0.05, 0.1) is 30.3 Å². The van der Waals surface area contributed by atoms with Crippen molar-refractivity contribution in [1.29, 1.82) is 0 Å². The van der Waals surface area contributed by atoms with Crippen LogP contribution >= 0.6 is 23.5 Å². The lowest BCUT2D eigenvalue weighted by molar-refractivity contribution is -0.138. The summed E-state index contributed by atoms with van der Waals surface area (Å²) in [6.45, 7) is 0. The van der Waals surface area contributed by atoms with Crippen LogP contribution in [0.5, 0.6) is 0 Å². The summed E-state index contributed by atoms with van der Waals surface area (Å²) in [6, 6.07) is 9.97. The molecule has 0 unspecified atom stereocenters. The molecule has 1 aromatic rings. The summed E-state index contributed by atoms with van der Waals surface area (Å²) in [6.07, 6.45) is 0.782. The van der Waals surface area contributed by atoms with Gasteiger partial charge in [-0.15, -0.1) is 23.5 Å². The van der Waals surface area contributed by atoms with Gasteiger partial charge in [-0.3, -0.25) is 9.59 Å². The van der Waals surface area contributed by atoms with Crippen LogP contribution < -0.4 is 0 Å². The molecule has 4 nitrogen and oxygen atoms in total. The van der Waals surface area contributed by atoms with Crippen LogP contribution in [0.2, 0.25) is 0 Å². The van der Waals surface area contributed by atoms with Gasteiger partial charge in [-0.25, -0.2) is 0 Å². The zero-order chi connectivity index (χ0) is 14.8. The lowest BCUT2D eigenvalue weighted by atomic mass is 10.2. The van der Waals surface area contributed by atoms with Gasteiger partial charge >= 0.3 is 11.9 Å². The number of ether oxygens (including phenoxy) is 2. The van der Waals surface area contributed by atoms with Crippen LogP contribution in [0.4, 0.5) is 0 Å². The lowest BCUT2D eigenvalue weighted by Crippen LogP contribution is -2.13. The second-order valence-corrected chi connectivity index (χ2v) is 6.57. The fourth-order valence-electron chi connectivity index (χ4n) is 1.41. The van der Waals surface area contributed by atoms with Crippen molar-refractivity contribution >= 4 is 35.5 Å². The Balaban J connectivity index is 2.53. The van der Waals surface area contributed by atoms with Crippen molar-refractivity contribution in [1.82, 2.24) is 0 Å². The van der Waals surface area contributed by atoms with Crippen molar-refractivity contribution in [2.24, 2.45) is 0 Å². The highest BCUT2D eigenvalue weighted by atomic mass is 32.2. The predicted molar refractivity (Wildman–Crippen MR) is 82.9 cm³/mol. The largest absolute Gasteiger partial charge is 0.468 e. The minimum Gasteiger partial charge on any atom is -0.468 e. The van der Waals surface area contributed by atoms with Gasteiger partial charge in [0.2, 0.25) is 0 Å². The second kappa shape index (κ2) is 9.72. The van der Waals surface area contributed by atoms with Crippen LogP contribution in [0.15, 0.2) is 30.3 Å². The van der Waals surface area contributed by atoms with Crippen LogP contribution in [-0.2, 0) is 25.5 Å². The van der Waals surface area contributed by atoms with Crippen molar-refractivity contribution in [2.75, 3.05) is 25.7 Å². The average Bonchev–Trinajstić information content (AvgIpc) is 2.50. The first-order chi connectivity index (χ1) is 9.65. The molecule has 0 saturated carbocycles. The molecule has 0 radical (unpaired) electrons. The lowest BCUT2D eigenvalue weighted by Gasteiger charge is -2.15. The van der Waals surface area contributed by atoms with Crippen LogP contribution in [0.3, 0.4) is 0 Å². The molecule has 0 spiro atoms. The van der Waals surface area contributed by atoms with Gasteiger partial charge in [0.15, 0.2) is 0 Å². The first-order valence-corrected chi connectivity index (χ1v) is 8.16. The van der Waals surface area contributed by atoms with E-state index in [4.69, 9.17) is 0 Å². The van der Waals surface area contributed by atoms with E-state index in [0.717, 1.165) is 6.42 Å². The van der Waals surface area contributed by atoms with Crippen LogP contribution in [0.25, 0.3) is 0 Å². The minimum atomic E-state index is -0.258. The molecule has 0 atom stereocenters. The van der Waals surface area contributed by atoms with Crippen molar-refractivity contribution in [3.8, 4) is 0 Å². The van der Waals surface area contributed by atoms with Gasteiger partial charge in [0, 0.05) is 0 Å². The Morgan fingerprint density at radius 2 is 1.50 bits per heavy atom. The first-order valence-electron chi connectivity index (χ1n) is 6.06. The molecular formula is C14H18O4S2. The number of rotatable bonds is 8. The number of esters is 2. The van der Waals surface area contributed by atoms with E-state index in [1.165, 1.54) is 43.3 Å². The topological polar surface area (TPSA) is 52.6 Å². The minimum absolute atomic E-state index is 0.107. The highest BCUT2D eigenvalue weighted by Crippen LogP contribution is 2.27. The molecule has 0 N–H and O–H groups in total. The SMILES string of the molecule is COC(=O)CSC(Cc1ccccc1)SCC(=O)OC. The third-order valence-electron chi connectivity index (χ3n) is 2.47. The maximum atomic E-state index is 11.2. The van der Waals surface area contributed by atoms with Gasteiger partial charge in [-0.1, -0.05) is 30.3 Å². The number of benzene rings is 1. The van der Waals surface area contributed by atoms with E-state index in [2.05, 4.69) is 9.47 Å². The zero-order valence-electron chi connectivity index (χ0n) is 11.5. The molecular weight excluding hydrogens is 296 g/mol. The Morgan fingerprint density at radius 1 is 1.00 bits per heavy atom. The van der Waals surface area contributed by atoms with E-state index in [-0.39, 0.29) is 28.0 Å². The Hall–Kier alpha value is -1.14. The van der Waals surface area contributed by atoms with Gasteiger partial charge in [0.1, 0.15) is 0 Å². The van der Waals surface area contributed by atoms with E-state index in [1.54, 1.807) is 0 Å². The Bertz CT molecular complexity index is 402. The second-order valence-electron chi connectivity index (χ2n) is 3.89. The standard InChI is InChI=1S/C14H18O4S2/c1-17-12(15)9-19-14(20-10-13(16)18-2)8-11-6-4-3-5-7-11/h3-7,14H,8-10H2,1-2H3. The Morgan fingerprint density at radius 3 is 1.95 bits per heavy atom. The Kier molecular flexibility index (Phi) is 8.22. The molecule has 0 aliphatic rings. The van der Waals surface area contributed by atoms with E-state index in [9.17, 15) is 9.59 Å². The van der Waals surface area contributed by atoms with Crippen LogP contribution in [-0.4, -0.2) is 42.2 Å². The molecule has 1 rings (SSSR count). The summed E-state index contributed by atoms with van der Waals surface area (Å²) in [5.41, 5.74) is 1.17. The first kappa shape index (κ1) is 16.9. The maximum Gasteiger partial charge on any atom is 0.315 e. The maximum absolute atomic E-state index is 11.2. The van der Waals surface area contributed by atoms with E-state index < -0.39 is 0 Å². The molecule has 20 heavy (non-hydrogen) atoms. The number of carbonyl (C=O) groups is 2. The van der Waals surface area contributed by atoms with Gasteiger partial charge in [-0.2, -0.15) is 0 Å². The summed E-state index contributed by atoms with van der Waals surface area (Å²) >= 11 is 2.96. The molecule has 110 valence electrons. The normalized spacial score (nSPS) is 10.3. The molecule has 0 saturated heterocycles. The third-order valence-corrected chi connectivity index (χ3v) is 5.17.